The summed E-state index contributed by atoms with van der Waals surface area (Å²) < 4.78 is 70.2. The molecule has 0 saturated carbocycles. The van der Waals surface area contributed by atoms with Gasteiger partial charge in [0.1, 0.15) is 5.75 Å². The van der Waals surface area contributed by atoms with Crippen LogP contribution in [0.2, 0.25) is 0 Å². The number of hydrogen-bond donors (Lipinski definition) is 1. The third-order valence-corrected chi connectivity index (χ3v) is 6.77. The van der Waals surface area contributed by atoms with E-state index in [1.54, 1.807) is 24.3 Å². The third kappa shape index (κ3) is 4.70. The summed E-state index contributed by atoms with van der Waals surface area (Å²) in [5.41, 5.74) is -0.708. The lowest BCUT2D eigenvalue weighted by atomic mass is 10.2. The van der Waals surface area contributed by atoms with Crippen LogP contribution in [0.3, 0.4) is 0 Å². The number of alkyl halides is 3. The molecule has 1 unspecified atom stereocenters. The summed E-state index contributed by atoms with van der Waals surface area (Å²) in [6.07, 6.45) is -4.14. The molecule has 2 aromatic rings. The highest BCUT2D eigenvalue weighted by atomic mass is 32.2. The minimum atomic E-state index is -4.90. The van der Waals surface area contributed by atoms with Gasteiger partial charge in [0.15, 0.2) is 11.6 Å². The standard InChI is InChI=1S/C18H18F3N3O5S/c19-18(20,21)15-5-7-22-23-17(15)30(27,28)14-6-8-24(9-14)16(26)11-29-13-3-1-12(10-25)2-4-13/h1-5,7,14,25H,6,8-11H2. The van der Waals surface area contributed by atoms with E-state index >= 15 is 0 Å². The van der Waals surface area contributed by atoms with E-state index in [9.17, 15) is 26.4 Å². The number of halogens is 3. The Morgan fingerprint density at radius 3 is 2.57 bits per heavy atom. The van der Waals surface area contributed by atoms with Gasteiger partial charge in [-0.3, -0.25) is 4.79 Å². The van der Waals surface area contributed by atoms with Gasteiger partial charge < -0.3 is 14.7 Å². The molecule has 1 aliphatic heterocycles. The van der Waals surface area contributed by atoms with Crippen molar-refractivity contribution in [3.05, 3.63) is 47.7 Å². The van der Waals surface area contributed by atoms with Crippen LogP contribution >= 0.6 is 0 Å². The molecular weight excluding hydrogens is 427 g/mol. The number of amides is 1. The first kappa shape index (κ1) is 22.0. The molecule has 2 heterocycles. The SMILES string of the molecule is O=C(COc1ccc(CO)cc1)N1CCC(S(=O)(=O)c2nnccc2C(F)(F)F)C1. The van der Waals surface area contributed by atoms with Crippen molar-refractivity contribution < 1.29 is 36.2 Å². The van der Waals surface area contributed by atoms with Crippen molar-refractivity contribution in [2.45, 2.75) is 29.5 Å². The lowest BCUT2D eigenvalue weighted by Gasteiger charge is -2.18. The molecule has 12 heteroatoms. The van der Waals surface area contributed by atoms with Gasteiger partial charge in [-0.2, -0.15) is 18.3 Å². The van der Waals surface area contributed by atoms with E-state index in [0.29, 0.717) is 17.4 Å². The second kappa shape index (κ2) is 8.56. The van der Waals surface area contributed by atoms with Gasteiger partial charge in [0.05, 0.1) is 23.6 Å². The normalized spacial score (nSPS) is 17.2. The maximum Gasteiger partial charge on any atom is 0.419 e. The summed E-state index contributed by atoms with van der Waals surface area (Å²) in [6.45, 7) is -0.687. The summed E-state index contributed by atoms with van der Waals surface area (Å²) in [4.78, 5) is 13.6. The Labute approximate surface area is 170 Å². The van der Waals surface area contributed by atoms with Crippen molar-refractivity contribution >= 4 is 15.7 Å². The van der Waals surface area contributed by atoms with Gasteiger partial charge >= 0.3 is 6.18 Å². The van der Waals surface area contributed by atoms with Gasteiger partial charge in [-0.05, 0) is 30.2 Å². The first-order chi connectivity index (χ1) is 14.1. The molecule has 0 spiro atoms. The molecule has 1 amide bonds. The molecule has 1 N–H and O–H groups in total. The predicted molar refractivity (Wildman–Crippen MR) is 97.1 cm³/mol. The van der Waals surface area contributed by atoms with Crippen LogP contribution in [0.1, 0.15) is 17.5 Å². The fraction of sp³-hybridized carbons (Fsp3) is 0.389. The van der Waals surface area contributed by atoms with Crippen molar-refractivity contribution in [3.8, 4) is 5.75 Å². The highest BCUT2D eigenvalue weighted by Gasteiger charge is 2.43. The van der Waals surface area contributed by atoms with E-state index in [1.807, 2.05) is 0 Å². The first-order valence-electron chi connectivity index (χ1n) is 8.86. The molecule has 3 rings (SSSR count). The zero-order valence-corrected chi connectivity index (χ0v) is 16.4. The summed E-state index contributed by atoms with van der Waals surface area (Å²) in [7, 11) is -4.45. The molecular formula is C18H18F3N3O5S. The largest absolute Gasteiger partial charge is 0.484 e. The van der Waals surface area contributed by atoms with Gasteiger partial charge in [0.25, 0.3) is 5.91 Å². The van der Waals surface area contributed by atoms with Gasteiger partial charge in [0, 0.05) is 13.1 Å². The van der Waals surface area contributed by atoms with E-state index in [2.05, 4.69) is 10.2 Å². The molecule has 1 aliphatic rings. The molecule has 162 valence electrons. The van der Waals surface area contributed by atoms with Crippen LogP contribution in [-0.4, -0.2) is 59.5 Å². The van der Waals surface area contributed by atoms with Crippen LogP contribution in [0.25, 0.3) is 0 Å². The fourth-order valence-electron chi connectivity index (χ4n) is 3.04. The number of likely N-dealkylation sites (tertiary alicyclic amines) is 1. The molecule has 0 aliphatic carbocycles. The van der Waals surface area contributed by atoms with Crippen molar-refractivity contribution in [1.82, 2.24) is 15.1 Å². The highest BCUT2D eigenvalue weighted by Crippen LogP contribution is 2.35. The molecule has 8 nitrogen and oxygen atoms in total. The van der Waals surface area contributed by atoms with Gasteiger partial charge in [-0.25, -0.2) is 8.42 Å². The minimum Gasteiger partial charge on any atom is -0.484 e. The number of sulfone groups is 1. The fourth-order valence-corrected chi connectivity index (χ4v) is 4.80. The highest BCUT2D eigenvalue weighted by molar-refractivity contribution is 7.92. The number of carbonyl (C=O) groups excluding carboxylic acids is 1. The molecule has 30 heavy (non-hydrogen) atoms. The molecule has 0 bridgehead atoms. The number of nitrogens with zero attached hydrogens (tertiary/aromatic N) is 3. The maximum atomic E-state index is 13.2. The number of aliphatic hydroxyl groups excluding tert-OH is 1. The number of ether oxygens (including phenoxy) is 1. The van der Waals surface area contributed by atoms with Gasteiger partial charge in [0.2, 0.25) is 9.84 Å². The quantitative estimate of drug-likeness (QED) is 0.717. The van der Waals surface area contributed by atoms with Crippen LogP contribution in [0, 0.1) is 0 Å². The van der Waals surface area contributed by atoms with Crippen molar-refractivity contribution in [2.24, 2.45) is 0 Å². The molecule has 1 fully saturated rings. The van der Waals surface area contributed by atoms with Crippen molar-refractivity contribution in [1.29, 1.82) is 0 Å². The Hall–Kier alpha value is -2.73. The number of rotatable bonds is 6. The van der Waals surface area contributed by atoms with E-state index < -0.39 is 37.8 Å². The van der Waals surface area contributed by atoms with Gasteiger partial charge in [-0.1, -0.05) is 12.1 Å². The van der Waals surface area contributed by atoms with Crippen LogP contribution in [0.5, 0.6) is 5.75 Å². The van der Waals surface area contributed by atoms with Crippen LogP contribution in [0.4, 0.5) is 13.2 Å². The minimum absolute atomic E-state index is 0.0207. The molecule has 1 atom stereocenters. The topological polar surface area (TPSA) is 110 Å². The Kier molecular flexibility index (Phi) is 6.27. The maximum absolute atomic E-state index is 13.2. The first-order valence-corrected chi connectivity index (χ1v) is 10.4. The number of hydrogen-bond acceptors (Lipinski definition) is 7. The summed E-state index contributed by atoms with van der Waals surface area (Å²) in [6, 6.07) is 6.95. The zero-order valence-electron chi connectivity index (χ0n) is 15.5. The van der Waals surface area contributed by atoms with Crippen LogP contribution in [-0.2, 0) is 27.4 Å². The van der Waals surface area contributed by atoms with Crippen molar-refractivity contribution in [3.63, 3.8) is 0 Å². The Morgan fingerprint density at radius 2 is 1.93 bits per heavy atom. The molecule has 1 aromatic carbocycles. The lowest BCUT2D eigenvalue weighted by Crippen LogP contribution is -2.35. The van der Waals surface area contributed by atoms with Crippen LogP contribution in [0.15, 0.2) is 41.6 Å². The smallest absolute Gasteiger partial charge is 0.419 e. The lowest BCUT2D eigenvalue weighted by molar-refractivity contribution is -0.140. The third-order valence-electron chi connectivity index (χ3n) is 4.67. The average molecular weight is 445 g/mol. The molecule has 1 saturated heterocycles. The molecule has 0 radical (unpaired) electrons. The number of aliphatic hydroxyl groups is 1. The second-order valence-corrected chi connectivity index (χ2v) is 8.78. The van der Waals surface area contributed by atoms with E-state index in [1.165, 1.54) is 4.90 Å². The predicted octanol–water partition coefficient (Wildman–Crippen LogP) is 1.44. The number of carbonyl (C=O) groups is 1. The zero-order chi connectivity index (χ0) is 21.9. The monoisotopic (exact) mass is 445 g/mol. The summed E-state index contributed by atoms with van der Waals surface area (Å²) >= 11 is 0. The van der Waals surface area contributed by atoms with E-state index in [-0.39, 0.29) is 32.7 Å². The summed E-state index contributed by atoms with van der Waals surface area (Å²) in [5.74, 6) is -0.104. The average Bonchev–Trinajstić information content (AvgIpc) is 3.23. The van der Waals surface area contributed by atoms with Crippen LogP contribution < -0.4 is 4.74 Å². The Morgan fingerprint density at radius 1 is 1.23 bits per heavy atom. The Balaban J connectivity index is 1.66. The Bertz CT molecular complexity index is 1010. The summed E-state index contributed by atoms with van der Waals surface area (Å²) in [5, 5.41) is 13.2. The number of benzene rings is 1. The van der Waals surface area contributed by atoms with E-state index in [0.717, 1.165) is 6.20 Å². The van der Waals surface area contributed by atoms with E-state index in [4.69, 9.17) is 9.84 Å². The number of aromatic nitrogens is 2. The van der Waals surface area contributed by atoms with Crippen molar-refractivity contribution in [2.75, 3.05) is 19.7 Å². The van der Waals surface area contributed by atoms with Gasteiger partial charge in [-0.15, -0.1) is 5.10 Å². The second-order valence-electron chi connectivity index (χ2n) is 6.63. The molecule has 1 aromatic heterocycles.